The van der Waals surface area contributed by atoms with Crippen molar-refractivity contribution in [3.63, 3.8) is 0 Å². The van der Waals surface area contributed by atoms with Gasteiger partial charge in [0.2, 0.25) is 0 Å². The van der Waals surface area contributed by atoms with E-state index in [-0.39, 0.29) is 29.6 Å². The molecule has 0 bridgehead atoms. The maximum atomic E-state index is 11.9. The van der Waals surface area contributed by atoms with E-state index in [0.29, 0.717) is 33.5 Å². The number of carbonyl (C=O) groups excluding carboxylic acids is 2. The van der Waals surface area contributed by atoms with Crippen molar-refractivity contribution >= 4 is 11.9 Å². The van der Waals surface area contributed by atoms with E-state index in [2.05, 4.69) is 41.2 Å². The van der Waals surface area contributed by atoms with Crippen molar-refractivity contribution in [2.24, 2.45) is 50.7 Å². The van der Waals surface area contributed by atoms with E-state index in [4.69, 9.17) is 9.47 Å². The Morgan fingerprint density at radius 2 is 1.47 bits per heavy atom. The van der Waals surface area contributed by atoms with E-state index < -0.39 is 0 Å². The molecule has 0 aromatic rings. The lowest BCUT2D eigenvalue weighted by molar-refractivity contribution is -0.181. The topological polar surface area (TPSA) is 52.6 Å². The van der Waals surface area contributed by atoms with Gasteiger partial charge in [0.05, 0.1) is 0 Å². The van der Waals surface area contributed by atoms with Gasteiger partial charge in [-0.05, 0) is 128 Å². The predicted molar refractivity (Wildman–Crippen MR) is 151 cm³/mol. The number of fused-ring (bicyclic) bond motifs is 2. The fourth-order valence-electron chi connectivity index (χ4n) is 11.9. The molecule has 0 saturated heterocycles. The number of esters is 2. The molecule has 0 N–H and O–H groups in total. The molecule has 0 aliphatic heterocycles. The summed E-state index contributed by atoms with van der Waals surface area (Å²) in [6.45, 7) is 21.7. The molecule has 0 heterocycles. The Morgan fingerprint density at radius 3 is 2.11 bits per heavy atom. The minimum atomic E-state index is -0.206. The number of rotatable bonds is 7. The molecule has 10 atom stereocenters. The molecule has 0 aromatic heterocycles. The van der Waals surface area contributed by atoms with Crippen LogP contribution in [0, 0.1) is 50.7 Å². The third-order valence-corrected chi connectivity index (χ3v) is 13.9. The van der Waals surface area contributed by atoms with Crippen LogP contribution in [0.4, 0.5) is 0 Å². The normalized spacial score (nSPS) is 45.9. The first-order chi connectivity index (χ1) is 17.6. The number of carbonyl (C=O) groups is 2. The predicted octanol–water partition coefficient (Wildman–Crippen LogP) is 8.28. The maximum absolute atomic E-state index is 11.9. The van der Waals surface area contributed by atoms with E-state index in [1.54, 1.807) is 6.92 Å². The lowest BCUT2D eigenvalue weighted by Gasteiger charge is -2.63. The second-order valence-corrected chi connectivity index (χ2v) is 15.6. The third kappa shape index (κ3) is 3.80. The molecule has 5 saturated carbocycles. The van der Waals surface area contributed by atoms with Gasteiger partial charge >= 0.3 is 11.9 Å². The second-order valence-electron chi connectivity index (χ2n) is 15.6. The van der Waals surface area contributed by atoms with E-state index >= 15 is 0 Å². The summed E-state index contributed by atoms with van der Waals surface area (Å²) in [4.78, 5) is 23.5. The molecule has 5 fully saturated rings. The zero-order chi connectivity index (χ0) is 27.9. The van der Waals surface area contributed by atoms with Crippen molar-refractivity contribution in [2.45, 2.75) is 138 Å². The van der Waals surface area contributed by atoms with Crippen LogP contribution in [0.5, 0.6) is 0 Å². The number of ether oxygens (including phenoxy) is 2. The summed E-state index contributed by atoms with van der Waals surface area (Å²) in [5.41, 5.74) is 2.79. The molecule has 0 amide bonds. The zero-order valence-electron chi connectivity index (χ0n) is 25.6. The van der Waals surface area contributed by atoms with Gasteiger partial charge < -0.3 is 9.47 Å². The Hall–Kier alpha value is -1.32. The Bertz CT molecular complexity index is 998. The fourth-order valence-corrected chi connectivity index (χ4v) is 11.9. The van der Waals surface area contributed by atoms with Gasteiger partial charge in [0.25, 0.3) is 0 Å². The molecule has 5 rings (SSSR count). The number of hydrogen-bond acceptors (Lipinski definition) is 4. The van der Waals surface area contributed by atoms with E-state index in [1.807, 2.05) is 6.92 Å². The molecule has 4 nitrogen and oxygen atoms in total. The SMILES string of the molecule is C=C(C)C(CCC(C)C1CCC2(C)C3CCC4C(C)(C)C(OC(C)=O)CCC45CC35CCC12C)OC(C)=O. The molecule has 214 valence electrons. The van der Waals surface area contributed by atoms with Crippen LogP contribution in [0.1, 0.15) is 126 Å². The van der Waals surface area contributed by atoms with Gasteiger partial charge in [-0.2, -0.15) is 0 Å². The first-order valence-corrected chi connectivity index (χ1v) is 15.6. The molecule has 5 aliphatic carbocycles. The van der Waals surface area contributed by atoms with E-state index in [1.165, 1.54) is 58.3 Å². The van der Waals surface area contributed by atoms with Crippen LogP contribution in [0.15, 0.2) is 12.2 Å². The van der Waals surface area contributed by atoms with Crippen molar-refractivity contribution in [3.8, 4) is 0 Å². The summed E-state index contributed by atoms with van der Waals surface area (Å²) in [5, 5.41) is 0. The van der Waals surface area contributed by atoms with Gasteiger partial charge in [0, 0.05) is 19.3 Å². The van der Waals surface area contributed by atoms with Gasteiger partial charge in [0.1, 0.15) is 12.2 Å². The van der Waals surface area contributed by atoms with E-state index in [9.17, 15) is 9.59 Å². The van der Waals surface area contributed by atoms with Gasteiger partial charge in [-0.15, -0.1) is 0 Å². The Labute approximate surface area is 232 Å². The van der Waals surface area contributed by atoms with Crippen LogP contribution in [0.2, 0.25) is 0 Å². The second kappa shape index (κ2) is 9.10. The summed E-state index contributed by atoms with van der Waals surface area (Å²) in [6.07, 6.45) is 13.7. The molecule has 0 aromatic carbocycles. The smallest absolute Gasteiger partial charge is 0.303 e. The van der Waals surface area contributed by atoms with Crippen molar-refractivity contribution in [2.75, 3.05) is 0 Å². The Balaban J connectivity index is 1.34. The lowest BCUT2D eigenvalue weighted by atomic mass is 9.41. The van der Waals surface area contributed by atoms with Gasteiger partial charge in [-0.3, -0.25) is 9.59 Å². The molecule has 4 heteroatoms. The van der Waals surface area contributed by atoms with E-state index in [0.717, 1.165) is 36.7 Å². The molecule has 10 unspecified atom stereocenters. The maximum Gasteiger partial charge on any atom is 0.303 e. The number of hydrogen-bond donors (Lipinski definition) is 0. The summed E-state index contributed by atoms with van der Waals surface area (Å²) >= 11 is 0. The summed E-state index contributed by atoms with van der Waals surface area (Å²) in [6, 6.07) is 0. The van der Waals surface area contributed by atoms with Crippen molar-refractivity contribution < 1.29 is 19.1 Å². The molecular formula is C34H54O4. The fraction of sp³-hybridized carbons (Fsp3) is 0.882. The summed E-state index contributed by atoms with van der Waals surface area (Å²) in [7, 11) is 0. The van der Waals surface area contributed by atoms with Crippen LogP contribution in [-0.2, 0) is 19.1 Å². The van der Waals surface area contributed by atoms with Gasteiger partial charge in [-0.25, -0.2) is 0 Å². The van der Waals surface area contributed by atoms with Crippen molar-refractivity contribution in [3.05, 3.63) is 12.2 Å². The minimum Gasteiger partial charge on any atom is -0.462 e. The Morgan fingerprint density at radius 1 is 0.816 bits per heavy atom. The van der Waals surface area contributed by atoms with Crippen LogP contribution >= 0.6 is 0 Å². The van der Waals surface area contributed by atoms with Gasteiger partial charge in [-0.1, -0.05) is 41.2 Å². The van der Waals surface area contributed by atoms with Crippen LogP contribution in [-0.4, -0.2) is 24.1 Å². The minimum absolute atomic E-state index is 0.0640. The highest BCUT2D eigenvalue weighted by Crippen LogP contribution is 2.89. The van der Waals surface area contributed by atoms with Gasteiger partial charge in [0.15, 0.2) is 0 Å². The molecular weight excluding hydrogens is 472 g/mol. The third-order valence-electron chi connectivity index (χ3n) is 13.9. The zero-order valence-corrected chi connectivity index (χ0v) is 25.6. The highest BCUT2D eigenvalue weighted by molar-refractivity contribution is 5.66. The molecule has 0 radical (unpaired) electrons. The van der Waals surface area contributed by atoms with Crippen LogP contribution in [0.25, 0.3) is 0 Å². The largest absolute Gasteiger partial charge is 0.462 e. The van der Waals surface area contributed by atoms with Crippen LogP contribution in [0.3, 0.4) is 0 Å². The average molecular weight is 527 g/mol. The average Bonchev–Trinajstić information content (AvgIpc) is 3.40. The Kier molecular flexibility index (Phi) is 6.76. The quantitative estimate of drug-likeness (QED) is 0.247. The molecule has 2 spiro atoms. The summed E-state index contributed by atoms with van der Waals surface area (Å²) in [5.74, 6) is 2.53. The van der Waals surface area contributed by atoms with Crippen molar-refractivity contribution in [1.29, 1.82) is 0 Å². The lowest BCUT2D eigenvalue weighted by Crippen LogP contribution is -2.58. The highest BCUT2D eigenvalue weighted by Gasteiger charge is 2.82. The van der Waals surface area contributed by atoms with Crippen LogP contribution < -0.4 is 0 Å². The molecule has 38 heavy (non-hydrogen) atoms. The highest BCUT2D eigenvalue weighted by atomic mass is 16.5. The standard InChI is InChI=1S/C34H54O4/c1-21(2)26(37-23(4)35)11-10-22(3)25-14-16-32(9)28-13-12-27-30(6,7)29(38-24(5)36)15-17-33(27)20-34(28,33)19-18-31(25,32)8/h22,25-29H,1,10-20H2,2-9H3. The monoisotopic (exact) mass is 526 g/mol. The summed E-state index contributed by atoms with van der Waals surface area (Å²) < 4.78 is 11.5. The molecule has 5 aliphatic rings. The first-order valence-electron chi connectivity index (χ1n) is 15.6. The first kappa shape index (κ1) is 28.2. The van der Waals surface area contributed by atoms with Crippen molar-refractivity contribution in [1.82, 2.24) is 0 Å².